The van der Waals surface area contributed by atoms with E-state index in [-0.39, 0.29) is 0 Å². The smallest absolute Gasteiger partial charge is 0.237 e. The van der Waals surface area contributed by atoms with E-state index in [0.29, 0.717) is 0 Å². The van der Waals surface area contributed by atoms with Gasteiger partial charge in [-0.15, -0.1) is 0 Å². The van der Waals surface area contributed by atoms with Crippen molar-refractivity contribution in [3.05, 3.63) is 0 Å². The lowest BCUT2D eigenvalue weighted by molar-refractivity contribution is 0.397. The van der Waals surface area contributed by atoms with Gasteiger partial charge in [0.25, 0.3) is 0 Å². The monoisotopic (exact) mass is 594 g/mol. The van der Waals surface area contributed by atoms with Gasteiger partial charge in [-0.3, -0.25) is 4.80 Å². The first kappa shape index (κ1) is 41.2. The van der Waals surface area contributed by atoms with E-state index < -0.39 is 8.32 Å². The average Bonchev–Trinajstić information content (AvgIpc) is 2.91. The third-order valence-corrected chi connectivity index (χ3v) is 13.3. The molecule has 247 valence electrons. The minimum atomic E-state index is -2.29. The normalized spacial score (nSPS) is 12.4. The molecule has 1 radical (unpaired) electrons. The number of rotatable bonds is 33. The van der Waals surface area contributed by atoms with Crippen molar-refractivity contribution in [2.75, 3.05) is 0 Å². The van der Waals surface area contributed by atoms with Gasteiger partial charge in [0.2, 0.25) is 8.32 Å². The van der Waals surface area contributed by atoms with Crippen molar-refractivity contribution in [2.24, 2.45) is 17.8 Å². The molecule has 0 heterocycles. The Bertz CT molecular complexity index is 430. The Morgan fingerprint density at radius 2 is 0.463 bits per heavy atom. The van der Waals surface area contributed by atoms with Crippen molar-refractivity contribution in [3.63, 3.8) is 0 Å². The molecule has 0 amide bonds. The number of unbranched alkanes of at least 4 members (excludes halogenated alkanes) is 21. The molecule has 0 unspecified atom stereocenters. The Balaban J connectivity index is 4.11. The molecule has 0 aromatic rings. The maximum absolute atomic E-state index is 14.0. The van der Waals surface area contributed by atoms with Gasteiger partial charge in [-0.25, -0.2) is 0 Å². The molecule has 0 aromatic heterocycles. The highest BCUT2D eigenvalue weighted by Gasteiger charge is 2.31. The number of hydrogen-bond acceptors (Lipinski definition) is 0. The summed E-state index contributed by atoms with van der Waals surface area (Å²) in [5, 5.41) is 0. The highest BCUT2D eigenvalue weighted by Crippen LogP contribution is 2.28. The highest BCUT2D eigenvalue weighted by molar-refractivity contribution is 6.72. The molecule has 1 nitrogen and oxygen atoms in total. The lowest BCUT2D eigenvalue weighted by Gasteiger charge is -2.23. The lowest BCUT2D eigenvalue weighted by atomic mass is 10.0. The fraction of sp³-hybridized carbons (Fsp3) is 1.00. The Kier molecular flexibility index (Phi) is 30.3. The van der Waals surface area contributed by atoms with Crippen molar-refractivity contribution in [1.29, 1.82) is 0 Å². The first-order valence-electron chi connectivity index (χ1n) is 19.5. The molecule has 0 atom stereocenters. The Morgan fingerprint density at radius 3 is 0.659 bits per heavy atom. The Morgan fingerprint density at radius 1 is 0.293 bits per heavy atom. The van der Waals surface area contributed by atoms with E-state index in [4.69, 9.17) is 0 Å². The van der Waals surface area contributed by atoms with Crippen LogP contribution in [0.5, 0.6) is 0 Å². The SMILES string of the molecule is CC(C)CCCCCCCCCC[Si]([O])(CCCCCCCCCCC(C)C)CCCCCCCCCCC(C)C. The van der Waals surface area contributed by atoms with Gasteiger partial charge >= 0.3 is 0 Å². The molecule has 2 heteroatoms. The van der Waals surface area contributed by atoms with Crippen molar-refractivity contribution in [1.82, 2.24) is 0 Å². The molecule has 0 rings (SSSR count). The van der Waals surface area contributed by atoms with Crippen molar-refractivity contribution >= 4 is 8.32 Å². The lowest BCUT2D eigenvalue weighted by Crippen LogP contribution is -2.32. The van der Waals surface area contributed by atoms with Gasteiger partial charge in [0.15, 0.2) is 0 Å². The molecule has 0 saturated heterocycles. The van der Waals surface area contributed by atoms with E-state index >= 15 is 0 Å². The van der Waals surface area contributed by atoms with E-state index in [0.717, 1.165) is 35.9 Å². The van der Waals surface area contributed by atoms with Crippen LogP contribution in [0, 0.1) is 17.8 Å². The van der Waals surface area contributed by atoms with Crippen LogP contribution in [0.3, 0.4) is 0 Å². The van der Waals surface area contributed by atoms with E-state index in [1.807, 2.05) is 0 Å². The zero-order chi connectivity index (χ0) is 30.4. The quantitative estimate of drug-likeness (QED) is 0.0532. The minimum absolute atomic E-state index is 0.861. The van der Waals surface area contributed by atoms with Crippen LogP contribution in [0.1, 0.15) is 215 Å². The largest absolute Gasteiger partial charge is 0.297 e. The first-order valence-corrected chi connectivity index (χ1v) is 22.0. The summed E-state index contributed by atoms with van der Waals surface area (Å²) in [7, 11) is -2.29. The molecule has 0 spiro atoms. The summed E-state index contributed by atoms with van der Waals surface area (Å²) in [5.74, 6) is 2.58. The van der Waals surface area contributed by atoms with E-state index in [1.165, 1.54) is 173 Å². The van der Waals surface area contributed by atoms with Gasteiger partial charge in [0.1, 0.15) is 0 Å². The molecule has 41 heavy (non-hydrogen) atoms. The topological polar surface area (TPSA) is 19.9 Å². The van der Waals surface area contributed by atoms with E-state index in [9.17, 15) is 4.80 Å². The maximum atomic E-state index is 14.0. The molecule has 0 aromatic carbocycles. The second-order valence-corrected chi connectivity index (χ2v) is 19.3. The maximum Gasteiger partial charge on any atom is 0.237 e. The number of hydrogen-bond donors (Lipinski definition) is 0. The summed E-state index contributed by atoms with van der Waals surface area (Å²) in [6.07, 6.45) is 37.1. The summed E-state index contributed by atoms with van der Waals surface area (Å²) in [6, 6.07) is 3.23. The van der Waals surface area contributed by atoms with Gasteiger partial charge < -0.3 is 0 Å². The van der Waals surface area contributed by atoms with Crippen molar-refractivity contribution in [2.45, 2.75) is 233 Å². The predicted octanol–water partition coefficient (Wildman–Crippen LogP) is 14.9. The second kappa shape index (κ2) is 30.2. The van der Waals surface area contributed by atoms with Crippen molar-refractivity contribution in [3.8, 4) is 0 Å². The van der Waals surface area contributed by atoms with Gasteiger partial charge in [-0.2, -0.15) is 0 Å². The summed E-state index contributed by atoms with van der Waals surface area (Å²) >= 11 is 0. The fourth-order valence-electron chi connectivity index (χ4n) is 6.56. The van der Waals surface area contributed by atoms with Crippen LogP contribution in [-0.4, -0.2) is 8.32 Å². The Hall–Kier alpha value is 0.177. The van der Waals surface area contributed by atoms with Crippen LogP contribution in [0.25, 0.3) is 0 Å². The third-order valence-electron chi connectivity index (χ3n) is 9.49. The zero-order valence-electron chi connectivity index (χ0n) is 29.9. The van der Waals surface area contributed by atoms with Crippen LogP contribution < -0.4 is 0 Å². The molecule has 0 fully saturated rings. The summed E-state index contributed by atoms with van der Waals surface area (Å²) in [4.78, 5) is 14.0. The van der Waals surface area contributed by atoms with Gasteiger partial charge in [-0.05, 0) is 35.9 Å². The molecule has 0 bridgehead atoms. The minimum Gasteiger partial charge on any atom is -0.297 e. The second-order valence-electron chi connectivity index (χ2n) is 15.5. The molecule has 0 N–H and O–H groups in total. The van der Waals surface area contributed by atoms with Crippen LogP contribution >= 0.6 is 0 Å². The van der Waals surface area contributed by atoms with Crippen LogP contribution in [0.2, 0.25) is 18.1 Å². The summed E-state index contributed by atoms with van der Waals surface area (Å²) in [6.45, 7) is 14.0. The van der Waals surface area contributed by atoms with Gasteiger partial charge in [0.05, 0.1) is 0 Å². The first-order chi connectivity index (χ1) is 19.7. The van der Waals surface area contributed by atoms with E-state index in [2.05, 4.69) is 41.5 Å². The highest BCUT2D eigenvalue weighted by atomic mass is 28.4. The molecular weight excluding hydrogens is 513 g/mol. The molecule has 0 aliphatic carbocycles. The molecule has 0 saturated carbocycles. The van der Waals surface area contributed by atoms with Crippen LogP contribution in [0.4, 0.5) is 0 Å². The summed E-state index contributed by atoms with van der Waals surface area (Å²) < 4.78 is 0. The predicted molar refractivity (Wildman–Crippen MR) is 190 cm³/mol. The third kappa shape index (κ3) is 32.9. The van der Waals surface area contributed by atoms with Crippen molar-refractivity contribution < 1.29 is 4.80 Å². The molecule has 0 aliphatic heterocycles. The molecular formula is C39H81OSi. The van der Waals surface area contributed by atoms with Gasteiger partial charge in [-0.1, -0.05) is 215 Å². The zero-order valence-corrected chi connectivity index (χ0v) is 30.9. The van der Waals surface area contributed by atoms with E-state index in [1.54, 1.807) is 0 Å². The average molecular weight is 594 g/mol. The standard InChI is InChI=1S/C39H81OSi/c1-37(2)31-25-19-13-7-10-16-22-28-34-41(40,35-29-23-17-11-8-14-20-26-32-38(3)4)36-30-24-18-12-9-15-21-27-33-39(5)6/h37-39H,7-36H2,1-6H3. The summed E-state index contributed by atoms with van der Waals surface area (Å²) in [5.41, 5.74) is 0. The van der Waals surface area contributed by atoms with Crippen LogP contribution in [0.15, 0.2) is 0 Å². The van der Waals surface area contributed by atoms with Gasteiger partial charge in [0, 0.05) is 0 Å². The Labute approximate surface area is 263 Å². The fourth-order valence-corrected chi connectivity index (χ4v) is 9.99. The molecule has 0 aliphatic rings. The van der Waals surface area contributed by atoms with Crippen LogP contribution in [-0.2, 0) is 4.80 Å².